The summed E-state index contributed by atoms with van der Waals surface area (Å²) in [6, 6.07) is 10.9. The van der Waals surface area contributed by atoms with E-state index < -0.39 is 0 Å². The molecule has 2 unspecified atom stereocenters. The van der Waals surface area contributed by atoms with Crippen LogP contribution in [0, 0.1) is 12.8 Å². The predicted octanol–water partition coefficient (Wildman–Crippen LogP) is 3.24. The molecule has 0 spiro atoms. The van der Waals surface area contributed by atoms with Gasteiger partial charge in [0.15, 0.2) is 0 Å². The molecule has 1 saturated carbocycles. The normalized spacial score (nSPS) is 22.5. The Morgan fingerprint density at radius 1 is 1.29 bits per heavy atom. The van der Waals surface area contributed by atoms with Gasteiger partial charge in [-0.15, -0.1) is 0 Å². The number of rotatable bonds is 5. The predicted molar refractivity (Wildman–Crippen MR) is 110 cm³/mol. The molecule has 0 radical (unpaired) electrons. The Morgan fingerprint density at radius 2 is 2.04 bits per heavy atom. The molecule has 1 aliphatic heterocycles. The van der Waals surface area contributed by atoms with Crippen LogP contribution in [-0.4, -0.2) is 40.8 Å². The molecule has 1 aromatic heterocycles. The monoisotopic (exact) mass is 382 g/mol. The smallest absolute Gasteiger partial charge is 0.322 e. The molecule has 7 nitrogen and oxygen atoms in total. The first-order valence-corrected chi connectivity index (χ1v) is 10.2. The van der Waals surface area contributed by atoms with Gasteiger partial charge in [-0.3, -0.25) is 10.7 Å². The number of nitrogens with one attached hydrogen (secondary N) is 3. The second kappa shape index (κ2) is 8.32. The molecule has 1 saturated heterocycles. The Hall–Kier alpha value is -2.38. The number of carbonyl (C=O) groups excluding carboxylic acids is 1. The first-order chi connectivity index (χ1) is 13.6. The van der Waals surface area contributed by atoms with E-state index in [4.69, 9.17) is 0 Å². The lowest BCUT2D eigenvalue weighted by Crippen LogP contribution is -2.38. The van der Waals surface area contributed by atoms with Gasteiger partial charge in [-0.05, 0) is 25.3 Å². The van der Waals surface area contributed by atoms with Crippen LogP contribution < -0.4 is 16.2 Å². The Kier molecular flexibility index (Phi) is 5.64. The summed E-state index contributed by atoms with van der Waals surface area (Å²) in [6.45, 7) is 3.50. The van der Waals surface area contributed by atoms with Crippen LogP contribution in [0.4, 0.5) is 10.6 Å². The molecule has 2 aromatic rings. The van der Waals surface area contributed by atoms with Gasteiger partial charge in [0, 0.05) is 31.6 Å². The first kappa shape index (κ1) is 19.0. The summed E-state index contributed by atoms with van der Waals surface area (Å²) < 4.78 is 2.01. The molecule has 1 aromatic carbocycles. The maximum Gasteiger partial charge on any atom is 0.322 e. The Morgan fingerprint density at radius 3 is 2.79 bits per heavy atom. The molecule has 2 aliphatic rings. The maximum atomic E-state index is 12.9. The SMILES string of the molecule is Cc1cnn(C2CCCC2)c1NC(=O)N(C)CC1CNNC1c1ccccc1. The van der Waals surface area contributed by atoms with Gasteiger partial charge >= 0.3 is 6.03 Å². The van der Waals surface area contributed by atoms with Crippen LogP contribution in [0.15, 0.2) is 36.5 Å². The van der Waals surface area contributed by atoms with Gasteiger partial charge in [-0.25, -0.2) is 14.9 Å². The van der Waals surface area contributed by atoms with Crippen LogP contribution in [0.5, 0.6) is 0 Å². The number of hydrazine groups is 1. The molecule has 3 N–H and O–H groups in total. The highest BCUT2D eigenvalue weighted by Crippen LogP contribution is 2.32. The molecule has 4 rings (SSSR count). The Bertz CT molecular complexity index is 798. The molecule has 7 heteroatoms. The lowest BCUT2D eigenvalue weighted by molar-refractivity contribution is 0.212. The van der Waals surface area contributed by atoms with E-state index in [-0.39, 0.29) is 12.1 Å². The van der Waals surface area contributed by atoms with Crippen molar-refractivity contribution in [3.63, 3.8) is 0 Å². The molecular weight excluding hydrogens is 352 g/mol. The number of carbonyl (C=O) groups is 1. The van der Waals surface area contributed by atoms with E-state index >= 15 is 0 Å². The van der Waals surface area contributed by atoms with Crippen LogP contribution >= 0.6 is 0 Å². The van der Waals surface area contributed by atoms with E-state index in [0.29, 0.717) is 18.5 Å². The number of urea groups is 1. The molecule has 2 fully saturated rings. The molecular formula is C21H30N6O. The number of aromatic nitrogens is 2. The van der Waals surface area contributed by atoms with Crippen LogP contribution in [0.2, 0.25) is 0 Å². The van der Waals surface area contributed by atoms with Crippen LogP contribution in [0.3, 0.4) is 0 Å². The standard InChI is InChI=1S/C21H30N6O/c1-15-12-23-27(18-10-6-7-11-18)20(15)24-21(28)26(2)14-17-13-22-25-19(17)16-8-4-3-5-9-16/h3-5,8-9,12,17-19,22,25H,6-7,10-11,13-14H2,1-2H3,(H,24,28). The fourth-order valence-electron chi connectivity index (χ4n) is 4.38. The molecule has 28 heavy (non-hydrogen) atoms. The lowest BCUT2D eigenvalue weighted by Gasteiger charge is -2.26. The minimum Gasteiger partial charge on any atom is -0.327 e. The van der Waals surface area contributed by atoms with Crippen molar-refractivity contribution >= 4 is 11.8 Å². The van der Waals surface area contributed by atoms with Crippen molar-refractivity contribution in [1.29, 1.82) is 0 Å². The van der Waals surface area contributed by atoms with Crippen LogP contribution in [0.1, 0.15) is 48.9 Å². The average molecular weight is 383 g/mol. The highest BCUT2D eigenvalue weighted by atomic mass is 16.2. The number of hydrogen-bond donors (Lipinski definition) is 3. The highest BCUT2D eigenvalue weighted by Gasteiger charge is 2.30. The highest BCUT2D eigenvalue weighted by molar-refractivity contribution is 5.89. The van der Waals surface area contributed by atoms with Gasteiger partial charge in [-0.2, -0.15) is 5.10 Å². The molecule has 2 amide bonds. The quantitative estimate of drug-likeness (QED) is 0.742. The van der Waals surface area contributed by atoms with Crippen LogP contribution in [-0.2, 0) is 0 Å². The summed E-state index contributed by atoms with van der Waals surface area (Å²) in [5.41, 5.74) is 8.84. The zero-order chi connectivity index (χ0) is 19.5. The number of hydrogen-bond acceptors (Lipinski definition) is 4. The summed E-state index contributed by atoms with van der Waals surface area (Å²) in [5, 5.41) is 7.64. The maximum absolute atomic E-state index is 12.9. The number of nitrogens with zero attached hydrogens (tertiary/aromatic N) is 3. The summed E-state index contributed by atoms with van der Waals surface area (Å²) in [4.78, 5) is 14.7. The molecule has 0 bridgehead atoms. The average Bonchev–Trinajstić information content (AvgIpc) is 3.45. The molecule has 2 atom stereocenters. The zero-order valence-electron chi connectivity index (χ0n) is 16.7. The van der Waals surface area contributed by atoms with E-state index in [2.05, 4.69) is 45.5 Å². The van der Waals surface area contributed by atoms with Crippen molar-refractivity contribution in [2.24, 2.45) is 5.92 Å². The van der Waals surface area contributed by atoms with Crippen molar-refractivity contribution in [3.8, 4) is 0 Å². The Balaban J connectivity index is 1.41. The first-order valence-electron chi connectivity index (χ1n) is 10.2. The minimum atomic E-state index is -0.0819. The third-order valence-corrected chi connectivity index (χ3v) is 5.98. The van der Waals surface area contributed by atoms with Crippen LogP contribution in [0.25, 0.3) is 0 Å². The lowest BCUT2D eigenvalue weighted by atomic mass is 9.94. The third-order valence-electron chi connectivity index (χ3n) is 5.98. The summed E-state index contributed by atoms with van der Waals surface area (Å²) in [7, 11) is 1.86. The number of amides is 2. The number of anilines is 1. The van der Waals surface area contributed by atoms with Gasteiger partial charge in [0.25, 0.3) is 0 Å². The van der Waals surface area contributed by atoms with Gasteiger partial charge in [-0.1, -0.05) is 43.2 Å². The van der Waals surface area contributed by atoms with Crippen molar-refractivity contribution in [2.75, 3.05) is 25.5 Å². The van der Waals surface area contributed by atoms with Gasteiger partial charge in [0.05, 0.1) is 18.3 Å². The van der Waals surface area contributed by atoms with Crippen molar-refractivity contribution < 1.29 is 4.79 Å². The van der Waals surface area contributed by atoms with E-state index in [1.54, 1.807) is 4.90 Å². The van der Waals surface area contributed by atoms with Crippen molar-refractivity contribution in [3.05, 3.63) is 47.7 Å². The second-order valence-corrected chi connectivity index (χ2v) is 8.04. The summed E-state index contributed by atoms with van der Waals surface area (Å²) >= 11 is 0. The van der Waals surface area contributed by atoms with Crippen molar-refractivity contribution in [1.82, 2.24) is 25.5 Å². The number of benzene rings is 1. The molecule has 1 aliphatic carbocycles. The third kappa shape index (κ3) is 3.91. The molecule has 150 valence electrons. The van der Waals surface area contributed by atoms with Crippen molar-refractivity contribution in [2.45, 2.75) is 44.7 Å². The van der Waals surface area contributed by atoms with Gasteiger partial charge in [0.1, 0.15) is 5.82 Å². The largest absolute Gasteiger partial charge is 0.327 e. The van der Waals surface area contributed by atoms with Gasteiger partial charge in [0.2, 0.25) is 0 Å². The van der Waals surface area contributed by atoms with Gasteiger partial charge < -0.3 is 4.90 Å². The van der Waals surface area contributed by atoms with E-state index in [0.717, 1.165) is 30.8 Å². The van der Waals surface area contributed by atoms with E-state index in [1.807, 2.05) is 30.9 Å². The molecule has 2 heterocycles. The number of aryl methyl sites for hydroxylation is 1. The van der Waals surface area contributed by atoms with E-state index in [1.165, 1.54) is 18.4 Å². The summed E-state index contributed by atoms with van der Waals surface area (Å²) in [5.74, 6) is 1.14. The Labute approximate surface area is 166 Å². The topological polar surface area (TPSA) is 74.2 Å². The fraction of sp³-hybridized carbons (Fsp3) is 0.524. The minimum absolute atomic E-state index is 0.0819. The van der Waals surface area contributed by atoms with E-state index in [9.17, 15) is 4.79 Å². The zero-order valence-corrected chi connectivity index (χ0v) is 16.7. The summed E-state index contributed by atoms with van der Waals surface area (Å²) in [6.07, 6.45) is 6.60. The fourth-order valence-corrected chi connectivity index (χ4v) is 4.38. The second-order valence-electron chi connectivity index (χ2n) is 8.04.